The van der Waals surface area contributed by atoms with Crippen molar-refractivity contribution in [1.82, 2.24) is 29.8 Å². The summed E-state index contributed by atoms with van der Waals surface area (Å²) in [5.41, 5.74) is 4.89. The zero-order chi connectivity index (χ0) is 20.1. The summed E-state index contributed by atoms with van der Waals surface area (Å²) >= 11 is 0. The first-order chi connectivity index (χ1) is 14.2. The summed E-state index contributed by atoms with van der Waals surface area (Å²) < 4.78 is 1.92. The molecule has 146 valence electrons. The van der Waals surface area contributed by atoms with Crippen molar-refractivity contribution in [3.8, 4) is 0 Å². The summed E-state index contributed by atoms with van der Waals surface area (Å²) in [7, 11) is 0. The van der Waals surface area contributed by atoms with Gasteiger partial charge in [-0.2, -0.15) is 0 Å². The average molecular weight is 387 g/mol. The standard InChI is InChI=1S/C21H21N7O/c1-15-11-22-7-5-18(15)24-8-9-25-21(29)16-10-19-20(26-12-16)28(14-27-19)13-17-4-2-3-6-23-17/h2-7,10-12,14H,8-9,13H2,1H3,(H,22,24)(H,25,29). The van der Waals surface area contributed by atoms with Crippen LogP contribution in [0.5, 0.6) is 0 Å². The molecule has 2 N–H and O–H groups in total. The van der Waals surface area contributed by atoms with E-state index in [0.717, 1.165) is 22.6 Å². The van der Waals surface area contributed by atoms with Gasteiger partial charge in [-0.3, -0.25) is 14.8 Å². The highest BCUT2D eigenvalue weighted by Crippen LogP contribution is 2.14. The topological polar surface area (TPSA) is 97.6 Å². The lowest BCUT2D eigenvalue weighted by Gasteiger charge is -2.10. The van der Waals surface area contributed by atoms with Crippen LogP contribution in [0.15, 0.2) is 61.4 Å². The fraction of sp³-hybridized carbons (Fsp3) is 0.190. The highest BCUT2D eigenvalue weighted by atomic mass is 16.1. The molecule has 0 saturated carbocycles. The van der Waals surface area contributed by atoms with Gasteiger partial charge in [0.25, 0.3) is 5.91 Å². The van der Waals surface area contributed by atoms with Gasteiger partial charge in [-0.05, 0) is 36.8 Å². The lowest BCUT2D eigenvalue weighted by molar-refractivity contribution is 0.0955. The minimum absolute atomic E-state index is 0.174. The maximum absolute atomic E-state index is 12.4. The SMILES string of the molecule is Cc1cnccc1NCCNC(=O)c1cnc2c(c1)ncn2Cc1ccccn1. The molecule has 0 atom stereocenters. The van der Waals surface area contributed by atoms with Crippen molar-refractivity contribution in [1.29, 1.82) is 0 Å². The van der Waals surface area contributed by atoms with Gasteiger partial charge in [0.15, 0.2) is 5.65 Å². The molecular formula is C21H21N7O. The van der Waals surface area contributed by atoms with E-state index in [9.17, 15) is 4.79 Å². The third kappa shape index (κ3) is 4.37. The highest BCUT2D eigenvalue weighted by Gasteiger charge is 2.11. The minimum atomic E-state index is -0.174. The van der Waals surface area contributed by atoms with Crippen molar-refractivity contribution in [3.63, 3.8) is 0 Å². The Morgan fingerprint density at radius 2 is 2.00 bits per heavy atom. The van der Waals surface area contributed by atoms with Gasteiger partial charge in [0, 0.05) is 43.6 Å². The normalized spacial score (nSPS) is 10.8. The number of anilines is 1. The molecule has 0 saturated heterocycles. The van der Waals surface area contributed by atoms with Crippen LogP contribution in [0.2, 0.25) is 0 Å². The van der Waals surface area contributed by atoms with Crippen molar-refractivity contribution in [2.45, 2.75) is 13.5 Å². The number of rotatable bonds is 7. The van der Waals surface area contributed by atoms with E-state index in [4.69, 9.17) is 0 Å². The second-order valence-electron chi connectivity index (χ2n) is 6.63. The maximum Gasteiger partial charge on any atom is 0.252 e. The van der Waals surface area contributed by atoms with Crippen molar-refractivity contribution in [2.24, 2.45) is 0 Å². The highest BCUT2D eigenvalue weighted by molar-refractivity contribution is 5.96. The van der Waals surface area contributed by atoms with Crippen molar-refractivity contribution >= 4 is 22.8 Å². The summed E-state index contributed by atoms with van der Waals surface area (Å²) in [6.07, 6.45) is 8.59. The number of hydrogen-bond donors (Lipinski definition) is 2. The summed E-state index contributed by atoms with van der Waals surface area (Å²) in [6.45, 7) is 3.68. The summed E-state index contributed by atoms with van der Waals surface area (Å²) in [5, 5.41) is 6.18. The van der Waals surface area contributed by atoms with Crippen LogP contribution in [0, 0.1) is 6.92 Å². The number of fused-ring (bicyclic) bond motifs is 1. The number of aromatic nitrogens is 5. The fourth-order valence-electron chi connectivity index (χ4n) is 3.00. The van der Waals surface area contributed by atoms with E-state index in [1.807, 2.05) is 35.8 Å². The molecule has 0 bridgehead atoms. The molecule has 0 aromatic carbocycles. The number of amides is 1. The Bertz CT molecular complexity index is 1120. The number of pyridine rings is 3. The summed E-state index contributed by atoms with van der Waals surface area (Å²) in [4.78, 5) is 29.6. The number of hydrogen-bond acceptors (Lipinski definition) is 6. The quantitative estimate of drug-likeness (QED) is 0.473. The average Bonchev–Trinajstić information content (AvgIpc) is 3.15. The molecule has 0 spiro atoms. The van der Waals surface area contributed by atoms with Crippen LogP contribution in [0.4, 0.5) is 5.69 Å². The first kappa shape index (κ1) is 18.5. The number of nitrogens with zero attached hydrogens (tertiary/aromatic N) is 5. The first-order valence-electron chi connectivity index (χ1n) is 9.34. The summed E-state index contributed by atoms with van der Waals surface area (Å²) in [5.74, 6) is -0.174. The van der Waals surface area contributed by atoms with Crippen LogP contribution in [0.1, 0.15) is 21.6 Å². The predicted molar refractivity (Wildman–Crippen MR) is 111 cm³/mol. The number of aryl methyl sites for hydroxylation is 1. The van der Waals surface area contributed by atoms with Crippen LogP contribution in [-0.4, -0.2) is 43.5 Å². The monoisotopic (exact) mass is 387 g/mol. The molecule has 1 amide bonds. The third-order valence-corrected chi connectivity index (χ3v) is 4.52. The van der Waals surface area contributed by atoms with Crippen molar-refractivity contribution in [2.75, 3.05) is 18.4 Å². The second-order valence-corrected chi connectivity index (χ2v) is 6.63. The largest absolute Gasteiger partial charge is 0.383 e. The molecule has 0 aliphatic carbocycles. The van der Waals surface area contributed by atoms with Gasteiger partial charge in [0.05, 0.1) is 24.1 Å². The van der Waals surface area contributed by atoms with E-state index in [-0.39, 0.29) is 5.91 Å². The molecular weight excluding hydrogens is 366 g/mol. The molecule has 8 heteroatoms. The number of carbonyl (C=O) groups is 1. The van der Waals surface area contributed by atoms with Gasteiger partial charge in [0.1, 0.15) is 5.52 Å². The maximum atomic E-state index is 12.4. The molecule has 4 heterocycles. The van der Waals surface area contributed by atoms with E-state index in [1.54, 1.807) is 37.2 Å². The van der Waals surface area contributed by atoms with Crippen molar-refractivity contribution < 1.29 is 4.79 Å². The Hall–Kier alpha value is -3.81. The zero-order valence-electron chi connectivity index (χ0n) is 16.0. The zero-order valence-corrected chi connectivity index (χ0v) is 16.0. The molecule has 0 unspecified atom stereocenters. The van der Waals surface area contributed by atoms with Crippen molar-refractivity contribution in [3.05, 3.63) is 78.3 Å². The molecule has 4 rings (SSSR count). The van der Waals surface area contributed by atoms with Gasteiger partial charge < -0.3 is 15.2 Å². The fourth-order valence-corrected chi connectivity index (χ4v) is 3.00. The first-order valence-corrected chi connectivity index (χ1v) is 9.34. The van der Waals surface area contributed by atoms with Crippen LogP contribution >= 0.6 is 0 Å². The Balaban J connectivity index is 1.36. The molecule has 4 aromatic heterocycles. The Kier molecular flexibility index (Phi) is 5.42. The third-order valence-electron chi connectivity index (χ3n) is 4.52. The molecule has 4 aromatic rings. The lowest BCUT2D eigenvalue weighted by Crippen LogP contribution is -2.29. The molecule has 0 aliphatic heterocycles. The van der Waals surface area contributed by atoms with Gasteiger partial charge in [-0.1, -0.05) is 6.07 Å². The van der Waals surface area contributed by atoms with E-state index < -0.39 is 0 Å². The second kappa shape index (κ2) is 8.47. The number of nitrogens with one attached hydrogen (secondary N) is 2. The molecule has 0 fully saturated rings. The van der Waals surface area contributed by atoms with E-state index in [2.05, 4.69) is 30.6 Å². The van der Waals surface area contributed by atoms with Crippen LogP contribution in [0.3, 0.4) is 0 Å². The molecule has 0 radical (unpaired) electrons. The van der Waals surface area contributed by atoms with Gasteiger partial charge in [-0.25, -0.2) is 9.97 Å². The van der Waals surface area contributed by atoms with Crippen LogP contribution < -0.4 is 10.6 Å². The minimum Gasteiger partial charge on any atom is -0.383 e. The molecule has 8 nitrogen and oxygen atoms in total. The van der Waals surface area contributed by atoms with Crippen LogP contribution in [0.25, 0.3) is 11.2 Å². The Labute approximate surface area is 168 Å². The number of carbonyl (C=O) groups excluding carboxylic acids is 1. The Morgan fingerprint density at radius 1 is 1.07 bits per heavy atom. The lowest BCUT2D eigenvalue weighted by atomic mass is 10.2. The van der Waals surface area contributed by atoms with Gasteiger partial charge in [-0.15, -0.1) is 0 Å². The number of imidazole rings is 1. The van der Waals surface area contributed by atoms with E-state index in [0.29, 0.717) is 30.7 Å². The Morgan fingerprint density at radius 3 is 2.83 bits per heavy atom. The van der Waals surface area contributed by atoms with Gasteiger partial charge >= 0.3 is 0 Å². The van der Waals surface area contributed by atoms with Crippen LogP contribution in [-0.2, 0) is 6.54 Å². The predicted octanol–water partition coefficient (Wildman–Crippen LogP) is 2.42. The summed E-state index contributed by atoms with van der Waals surface area (Å²) in [6, 6.07) is 9.45. The van der Waals surface area contributed by atoms with E-state index >= 15 is 0 Å². The van der Waals surface area contributed by atoms with E-state index in [1.165, 1.54) is 0 Å². The molecule has 0 aliphatic rings. The molecule has 29 heavy (non-hydrogen) atoms. The smallest absolute Gasteiger partial charge is 0.252 e. The van der Waals surface area contributed by atoms with Gasteiger partial charge in [0.2, 0.25) is 0 Å².